The average molecular weight is 709 g/mol. The van der Waals surface area contributed by atoms with Crippen molar-refractivity contribution in [3.8, 4) is 5.75 Å². The van der Waals surface area contributed by atoms with Gasteiger partial charge in [0.25, 0.3) is 5.91 Å². The molecule has 0 saturated carbocycles. The van der Waals surface area contributed by atoms with Gasteiger partial charge < -0.3 is 55.3 Å². The molecule has 0 unspecified atom stereocenters. The Morgan fingerprint density at radius 1 is 1.12 bits per heavy atom. The Morgan fingerprint density at radius 3 is 2.38 bits per heavy atom. The first-order chi connectivity index (χ1) is 23.3. The highest BCUT2D eigenvalue weighted by atomic mass is 16.6. The monoisotopic (exact) mass is 708 g/mol. The number of aromatic hydroxyl groups is 1. The Hall–Kier alpha value is -3.54. The maximum Gasteiger partial charge on any atom is 0.410 e. The van der Waals surface area contributed by atoms with Crippen molar-refractivity contribution in [1.29, 1.82) is 0 Å². The molecule has 3 aliphatic rings. The minimum Gasteiger partial charge on any atom is -0.507 e. The van der Waals surface area contributed by atoms with E-state index in [4.69, 9.17) is 14.2 Å². The van der Waals surface area contributed by atoms with E-state index >= 15 is 0 Å². The fourth-order valence-electron chi connectivity index (χ4n) is 7.04. The molecule has 280 valence electrons. The molecule has 0 bridgehead atoms. The van der Waals surface area contributed by atoms with Gasteiger partial charge in [-0.15, -0.1) is 0 Å². The van der Waals surface area contributed by atoms with Gasteiger partial charge in [-0.2, -0.15) is 0 Å². The lowest BCUT2D eigenvalue weighted by atomic mass is 9.81. The zero-order valence-electron chi connectivity index (χ0n) is 29.6. The summed E-state index contributed by atoms with van der Waals surface area (Å²) in [6, 6.07) is 1.65. The Kier molecular flexibility index (Phi) is 12.1. The summed E-state index contributed by atoms with van der Waals surface area (Å²) in [5.41, 5.74) is -2.17. The predicted octanol–water partition coefficient (Wildman–Crippen LogP) is 0.0404. The van der Waals surface area contributed by atoms with Crippen molar-refractivity contribution in [3.63, 3.8) is 0 Å². The molecule has 16 heteroatoms. The van der Waals surface area contributed by atoms with Crippen LogP contribution in [0.1, 0.15) is 68.4 Å². The van der Waals surface area contributed by atoms with Crippen molar-refractivity contribution < 1.29 is 58.9 Å². The van der Waals surface area contributed by atoms with E-state index in [-0.39, 0.29) is 24.3 Å². The number of nitrogens with one attached hydrogen (secondary N) is 2. The highest BCUT2D eigenvalue weighted by molar-refractivity contribution is 5.94. The van der Waals surface area contributed by atoms with Crippen molar-refractivity contribution >= 4 is 23.9 Å². The number of aliphatic carboxylic acids is 1. The van der Waals surface area contributed by atoms with Crippen molar-refractivity contribution in [2.45, 2.75) is 108 Å². The van der Waals surface area contributed by atoms with Gasteiger partial charge in [0.2, 0.25) is 5.91 Å². The van der Waals surface area contributed by atoms with Crippen LogP contribution in [0.3, 0.4) is 0 Å². The number of aryl methyl sites for hydroxylation is 2. The molecule has 3 amide bonds. The second kappa shape index (κ2) is 15.4. The fourth-order valence-corrected chi connectivity index (χ4v) is 7.04. The number of ether oxygens (including phenoxy) is 3. The molecule has 0 aliphatic carbocycles. The van der Waals surface area contributed by atoms with Crippen LogP contribution in [0, 0.1) is 13.8 Å². The van der Waals surface area contributed by atoms with Crippen LogP contribution < -0.4 is 10.6 Å². The number of morpholine rings is 1. The number of nitrogens with zero attached hydrogens (tertiary/aromatic N) is 2. The summed E-state index contributed by atoms with van der Waals surface area (Å²) in [4.78, 5) is 54.4. The van der Waals surface area contributed by atoms with Gasteiger partial charge in [0.15, 0.2) is 5.60 Å². The number of hydrogen-bond donors (Lipinski definition) is 7. The summed E-state index contributed by atoms with van der Waals surface area (Å²) < 4.78 is 17.5. The Balaban J connectivity index is 1.50. The molecular formula is C34H52N4O12. The van der Waals surface area contributed by atoms with Gasteiger partial charge in [0.05, 0.1) is 37.0 Å². The number of rotatable bonds is 10. The molecule has 1 spiro atoms. The summed E-state index contributed by atoms with van der Waals surface area (Å²) >= 11 is 0. The number of carboxylic acids is 1. The lowest BCUT2D eigenvalue weighted by Gasteiger charge is -2.49. The number of carbonyl (C=O) groups excluding carboxylic acids is 3. The molecule has 16 nitrogen and oxygen atoms in total. The van der Waals surface area contributed by atoms with Crippen LogP contribution in [0.2, 0.25) is 0 Å². The van der Waals surface area contributed by atoms with E-state index < -0.39 is 84.0 Å². The lowest BCUT2D eigenvalue weighted by molar-refractivity contribution is -0.231. The fraction of sp³-hybridized carbons (Fsp3) is 0.706. The summed E-state index contributed by atoms with van der Waals surface area (Å²) in [6.07, 6.45) is -7.09. The van der Waals surface area contributed by atoms with Gasteiger partial charge in [0.1, 0.15) is 23.6 Å². The lowest BCUT2D eigenvalue weighted by Crippen LogP contribution is -2.68. The quantitative estimate of drug-likeness (QED) is 0.171. The van der Waals surface area contributed by atoms with E-state index in [2.05, 4.69) is 15.5 Å². The minimum absolute atomic E-state index is 0.0470. The first-order valence-corrected chi connectivity index (χ1v) is 16.9. The van der Waals surface area contributed by atoms with Crippen LogP contribution in [0.15, 0.2) is 12.1 Å². The molecule has 4 rings (SSSR count). The number of carbonyl (C=O) groups is 4. The first kappa shape index (κ1) is 39.2. The highest BCUT2D eigenvalue weighted by Gasteiger charge is 2.55. The van der Waals surface area contributed by atoms with Crippen LogP contribution >= 0.6 is 0 Å². The summed E-state index contributed by atoms with van der Waals surface area (Å²) in [5.74, 6) is -2.53. The zero-order valence-corrected chi connectivity index (χ0v) is 29.6. The molecule has 1 aromatic carbocycles. The molecule has 7 N–H and O–H groups in total. The number of hydrogen-bond acceptors (Lipinski definition) is 12. The predicted molar refractivity (Wildman–Crippen MR) is 178 cm³/mol. The topological polar surface area (TPSA) is 228 Å². The van der Waals surface area contributed by atoms with Gasteiger partial charge in [-0.1, -0.05) is 0 Å². The van der Waals surface area contributed by atoms with Gasteiger partial charge in [0, 0.05) is 58.1 Å². The van der Waals surface area contributed by atoms with Crippen molar-refractivity contribution in [2.24, 2.45) is 0 Å². The van der Waals surface area contributed by atoms with Crippen LogP contribution in [0.5, 0.6) is 5.75 Å². The second-order valence-corrected chi connectivity index (χ2v) is 14.8. The number of likely N-dealkylation sites (tertiary alicyclic amines) is 1. The number of amides is 3. The van der Waals surface area contributed by atoms with Crippen LogP contribution in [-0.2, 0) is 23.8 Å². The van der Waals surface area contributed by atoms with Crippen LogP contribution in [0.25, 0.3) is 0 Å². The minimum atomic E-state index is -2.03. The van der Waals surface area contributed by atoms with Gasteiger partial charge >= 0.3 is 12.1 Å². The van der Waals surface area contributed by atoms with E-state index in [1.807, 2.05) is 0 Å². The molecule has 3 saturated heterocycles. The van der Waals surface area contributed by atoms with Gasteiger partial charge in [-0.3, -0.25) is 14.5 Å². The van der Waals surface area contributed by atoms with E-state index in [9.17, 15) is 44.7 Å². The molecule has 1 aromatic rings. The number of aliphatic hydroxyl groups is 3. The number of carboxylic acid groups (broad SMARTS) is 1. The molecule has 7 atom stereocenters. The first-order valence-electron chi connectivity index (χ1n) is 16.9. The van der Waals surface area contributed by atoms with E-state index in [0.29, 0.717) is 50.4 Å². The number of phenolic OH excluding ortho intramolecular Hbond substituents is 1. The van der Waals surface area contributed by atoms with Crippen molar-refractivity contribution in [1.82, 2.24) is 20.4 Å². The summed E-state index contributed by atoms with van der Waals surface area (Å²) in [5, 5.41) is 59.1. The highest BCUT2D eigenvalue weighted by Crippen LogP contribution is 2.38. The second-order valence-electron chi connectivity index (χ2n) is 14.8. The third-order valence-corrected chi connectivity index (χ3v) is 9.70. The van der Waals surface area contributed by atoms with E-state index in [1.165, 1.54) is 19.1 Å². The van der Waals surface area contributed by atoms with Crippen molar-refractivity contribution in [2.75, 3.05) is 45.9 Å². The largest absolute Gasteiger partial charge is 0.507 e. The maximum absolute atomic E-state index is 12.9. The van der Waals surface area contributed by atoms with Crippen molar-refractivity contribution in [3.05, 3.63) is 28.8 Å². The number of phenols is 1. The molecule has 3 heterocycles. The smallest absolute Gasteiger partial charge is 0.410 e. The number of benzene rings is 1. The maximum atomic E-state index is 12.9. The normalized spacial score (nSPS) is 28.6. The molecule has 3 aliphatic heterocycles. The van der Waals surface area contributed by atoms with Crippen LogP contribution in [0.4, 0.5) is 4.79 Å². The molecular weight excluding hydrogens is 656 g/mol. The molecule has 3 fully saturated rings. The summed E-state index contributed by atoms with van der Waals surface area (Å²) in [6.45, 7) is 11.3. The Morgan fingerprint density at radius 2 is 1.78 bits per heavy atom. The molecule has 0 radical (unpaired) electrons. The Bertz CT molecular complexity index is 1410. The Labute approximate surface area is 291 Å². The third kappa shape index (κ3) is 8.84. The van der Waals surface area contributed by atoms with E-state index in [1.54, 1.807) is 39.5 Å². The SMILES string of the molecule is CC(=O)N[C@H]1[C@H]([C@H](O)[C@H](O)CNC(=O)c2cc(C)c(O)c(C)c2)O[C@@](CCN2CCOC[C@]23CCN(C(=O)OC(C)(C)C)C3)(C(=O)O)C[C@@H]1O. The third-order valence-electron chi connectivity index (χ3n) is 9.70. The van der Waals surface area contributed by atoms with E-state index in [0.717, 1.165) is 0 Å². The molecule has 50 heavy (non-hydrogen) atoms. The number of aliphatic hydroxyl groups excluding tert-OH is 3. The van der Waals surface area contributed by atoms with Crippen LogP contribution in [-0.4, -0.2) is 152 Å². The standard InChI is InChI=1S/C34H52N4O12/c1-19-13-22(14-20(2)26(19)42)29(44)35-16-24(41)27(43)28-25(36-21(3)39)23(40)15-34(49-28,30(45)46)8-10-38-11-12-48-18-33(38)7-9-37(17-33)31(47)50-32(4,5)6/h13-14,23-25,27-28,40-43H,7-12,15-18H2,1-6H3,(H,35,44)(H,36,39)(H,45,46)/t23-,24+,25+,27+,28+,33+,34+/m0/s1. The average Bonchev–Trinajstić information content (AvgIpc) is 3.45. The zero-order chi connectivity index (χ0) is 37.2. The van der Waals surface area contributed by atoms with Gasteiger partial charge in [-0.05, 0) is 64.3 Å². The molecule has 0 aromatic heterocycles. The summed E-state index contributed by atoms with van der Waals surface area (Å²) in [7, 11) is 0. The van der Waals surface area contributed by atoms with Gasteiger partial charge in [-0.25, -0.2) is 9.59 Å².